The first-order valence-corrected chi connectivity index (χ1v) is 5.32. The summed E-state index contributed by atoms with van der Waals surface area (Å²) < 4.78 is 0. The second kappa shape index (κ2) is 4.53. The van der Waals surface area contributed by atoms with Gasteiger partial charge in [0.05, 0.1) is 5.02 Å². The van der Waals surface area contributed by atoms with Crippen molar-refractivity contribution in [2.45, 2.75) is 6.42 Å². The lowest BCUT2D eigenvalue weighted by Gasteiger charge is -2.23. The van der Waals surface area contributed by atoms with E-state index in [1.165, 1.54) is 4.90 Å². The molecule has 2 rings (SSSR count). The summed E-state index contributed by atoms with van der Waals surface area (Å²) in [6.45, 7) is 0.949. The summed E-state index contributed by atoms with van der Waals surface area (Å²) in [6.07, 6.45) is 5.06. The van der Waals surface area contributed by atoms with Crippen LogP contribution in [0.5, 0.6) is 0 Å². The van der Waals surface area contributed by atoms with Gasteiger partial charge >= 0.3 is 6.09 Å². The summed E-state index contributed by atoms with van der Waals surface area (Å²) in [4.78, 5) is 16.1. The number of halogens is 1. The van der Waals surface area contributed by atoms with Gasteiger partial charge in [0.15, 0.2) is 0 Å². The van der Waals surface area contributed by atoms with E-state index in [2.05, 4.69) is 4.98 Å². The predicted octanol–water partition coefficient (Wildman–Crippen LogP) is 2.50. The van der Waals surface area contributed by atoms with E-state index in [1.807, 2.05) is 12.1 Å². The molecule has 1 aromatic rings. The number of hydrogen-bond acceptors (Lipinski definition) is 2. The predicted molar refractivity (Wildman–Crippen MR) is 61.4 cm³/mol. The van der Waals surface area contributed by atoms with Crippen LogP contribution in [0, 0.1) is 0 Å². The van der Waals surface area contributed by atoms with Crippen LogP contribution in [0.15, 0.2) is 24.5 Å². The first-order valence-electron chi connectivity index (χ1n) is 4.94. The van der Waals surface area contributed by atoms with Gasteiger partial charge in [-0.1, -0.05) is 17.7 Å². The summed E-state index contributed by atoms with van der Waals surface area (Å²) in [7, 11) is 0. The normalized spacial score (nSPS) is 15.8. The highest BCUT2D eigenvalue weighted by Gasteiger charge is 2.16. The molecule has 0 aromatic carbocycles. The van der Waals surface area contributed by atoms with Crippen LogP contribution < -0.4 is 0 Å². The van der Waals surface area contributed by atoms with E-state index in [0.717, 1.165) is 11.1 Å². The fourth-order valence-electron chi connectivity index (χ4n) is 1.69. The van der Waals surface area contributed by atoms with Crippen molar-refractivity contribution in [1.29, 1.82) is 0 Å². The smallest absolute Gasteiger partial charge is 0.407 e. The molecule has 0 spiro atoms. The number of carbonyl (C=O) groups is 1. The van der Waals surface area contributed by atoms with E-state index in [1.54, 1.807) is 12.4 Å². The van der Waals surface area contributed by atoms with Gasteiger partial charge in [-0.15, -0.1) is 0 Å². The van der Waals surface area contributed by atoms with Crippen molar-refractivity contribution in [3.05, 3.63) is 35.1 Å². The Balaban J connectivity index is 2.16. The van der Waals surface area contributed by atoms with Crippen LogP contribution in [-0.4, -0.2) is 34.2 Å². The Labute approximate surface area is 98.2 Å². The van der Waals surface area contributed by atoms with Gasteiger partial charge < -0.3 is 10.0 Å². The maximum Gasteiger partial charge on any atom is 0.407 e. The fraction of sp³-hybridized carbons (Fsp3) is 0.273. The standard InChI is InChI=1S/C11H11ClN2O2/c12-10-5-9(6-13-7-10)8-1-3-14(4-2-8)11(15)16/h1,5-7H,2-4H2,(H,15,16). The second-order valence-corrected chi connectivity index (χ2v) is 4.04. The molecule has 16 heavy (non-hydrogen) atoms. The third kappa shape index (κ3) is 2.33. The summed E-state index contributed by atoms with van der Waals surface area (Å²) >= 11 is 5.85. The van der Waals surface area contributed by atoms with Gasteiger partial charge in [-0.3, -0.25) is 4.98 Å². The molecule has 1 amide bonds. The largest absolute Gasteiger partial charge is 0.465 e. The Bertz CT molecular complexity index is 445. The molecular weight excluding hydrogens is 228 g/mol. The van der Waals surface area contributed by atoms with Gasteiger partial charge in [-0.25, -0.2) is 4.79 Å². The molecule has 5 heteroatoms. The minimum atomic E-state index is -0.875. The number of carboxylic acid groups (broad SMARTS) is 1. The third-order valence-corrected chi connectivity index (χ3v) is 2.76. The number of rotatable bonds is 1. The molecule has 1 aliphatic heterocycles. The molecule has 84 valence electrons. The minimum Gasteiger partial charge on any atom is -0.465 e. The highest BCUT2D eigenvalue weighted by molar-refractivity contribution is 6.30. The minimum absolute atomic E-state index is 0.428. The maximum absolute atomic E-state index is 10.7. The quantitative estimate of drug-likeness (QED) is 0.818. The van der Waals surface area contributed by atoms with E-state index in [9.17, 15) is 4.79 Å². The molecule has 1 aromatic heterocycles. The van der Waals surface area contributed by atoms with Crippen molar-refractivity contribution in [1.82, 2.24) is 9.88 Å². The molecule has 0 unspecified atom stereocenters. The molecule has 0 saturated heterocycles. The van der Waals surface area contributed by atoms with Crippen LogP contribution >= 0.6 is 11.6 Å². The zero-order valence-corrected chi connectivity index (χ0v) is 9.31. The van der Waals surface area contributed by atoms with E-state index < -0.39 is 6.09 Å². The molecule has 1 N–H and O–H groups in total. The van der Waals surface area contributed by atoms with Crippen molar-refractivity contribution in [2.24, 2.45) is 0 Å². The van der Waals surface area contributed by atoms with Crippen LogP contribution in [0.3, 0.4) is 0 Å². The second-order valence-electron chi connectivity index (χ2n) is 3.60. The topological polar surface area (TPSA) is 53.4 Å². The maximum atomic E-state index is 10.7. The van der Waals surface area contributed by atoms with Crippen molar-refractivity contribution in [3.8, 4) is 0 Å². The lowest BCUT2D eigenvalue weighted by Crippen LogP contribution is -2.33. The molecule has 1 aliphatic rings. The Morgan fingerprint density at radius 1 is 1.50 bits per heavy atom. The monoisotopic (exact) mass is 238 g/mol. The molecule has 2 heterocycles. The molecule has 0 bridgehead atoms. The third-order valence-electron chi connectivity index (χ3n) is 2.56. The molecule has 0 fully saturated rings. The Morgan fingerprint density at radius 2 is 2.31 bits per heavy atom. The average molecular weight is 239 g/mol. The van der Waals surface area contributed by atoms with Crippen molar-refractivity contribution < 1.29 is 9.90 Å². The lowest BCUT2D eigenvalue weighted by molar-refractivity contribution is 0.150. The van der Waals surface area contributed by atoms with E-state index in [4.69, 9.17) is 16.7 Å². The van der Waals surface area contributed by atoms with Gasteiger partial charge in [0.25, 0.3) is 0 Å². The zero-order valence-electron chi connectivity index (χ0n) is 8.56. The Hall–Kier alpha value is -1.55. The molecular formula is C11H11ClN2O2. The Kier molecular flexibility index (Phi) is 3.10. The van der Waals surface area contributed by atoms with Crippen molar-refractivity contribution in [2.75, 3.05) is 13.1 Å². The van der Waals surface area contributed by atoms with Crippen LogP contribution in [-0.2, 0) is 0 Å². The molecule has 0 saturated carbocycles. The van der Waals surface area contributed by atoms with Crippen LogP contribution in [0.4, 0.5) is 4.79 Å². The number of aromatic nitrogens is 1. The van der Waals surface area contributed by atoms with E-state index in [-0.39, 0.29) is 0 Å². The van der Waals surface area contributed by atoms with Crippen LogP contribution in [0.25, 0.3) is 5.57 Å². The first kappa shape index (κ1) is 11.0. The lowest BCUT2D eigenvalue weighted by atomic mass is 10.0. The fourth-order valence-corrected chi connectivity index (χ4v) is 1.87. The zero-order chi connectivity index (χ0) is 11.5. The summed E-state index contributed by atoms with van der Waals surface area (Å²) in [5, 5.41) is 9.40. The average Bonchev–Trinajstić information content (AvgIpc) is 2.29. The van der Waals surface area contributed by atoms with Crippen molar-refractivity contribution >= 4 is 23.3 Å². The molecule has 0 aliphatic carbocycles. The Morgan fingerprint density at radius 3 is 2.88 bits per heavy atom. The van der Waals surface area contributed by atoms with Gasteiger partial charge in [0.2, 0.25) is 0 Å². The first-order chi connectivity index (χ1) is 7.66. The van der Waals surface area contributed by atoms with Gasteiger partial charge in [0, 0.05) is 25.5 Å². The summed E-state index contributed by atoms with van der Waals surface area (Å²) in [5.41, 5.74) is 2.07. The number of hydrogen-bond donors (Lipinski definition) is 1. The van der Waals surface area contributed by atoms with Gasteiger partial charge in [-0.05, 0) is 23.6 Å². The number of nitrogens with zero attached hydrogens (tertiary/aromatic N) is 2. The molecule has 0 atom stereocenters. The van der Waals surface area contributed by atoms with Crippen LogP contribution in [0.1, 0.15) is 12.0 Å². The highest BCUT2D eigenvalue weighted by Crippen LogP contribution is 2.23. The van der Waals surface area contributed by atoms with E-state index in [0.29, 0.717) is 24.5 Å². The summed E-state index contributed by atoms with van der Waals surface area (Å²) in [6, 6.07) is 1.84. The highest BCUT2D eigenvalue weighted by atomic mass is 35.5. The van der Waals surface area contributed by atoms with Gasteiger partial charge in [0.1, 0.15) is 0 Å². The summed E-state index contributed by atoms with van der Waals surface area (Å²) in [5.74, 6) is 0. The van der Waals surface area contributed by atoms with E-state index >= 15 is 0 Å². The van der Waals surface area contributed by atoms with Crippen LogP contribution in [0.2, 0.25) is 5.02 Å². The van der Waals surface area contributed by atoms with Gasteiger partial charge in [-0.2, -0.15) is 0 Å². The number of amides is 1. The SMILES string of the molecule is O=C(O)N1CC=C(c2cncc(Cl)c2)CC1. The molecule has 4 nitrogen and oxygen atoms in total. The molecule has 0 radical (unpaired) electrons. The number of pyridine rings is 1. The van der Waals surface area contributed by atoms with Crippen molar-refractivity contribution in [3.63, 3.8) is 0 Å².